The summed E-state index contributed by atoms with van der Waals surface area (Å²) < 4.78 is 0. The lowest BCUT2D eigenvalue weighted by Gasteiger charge is -2.13. The summed E-state index contributed by atoms with van der Waals surface area (Å²) in [6.45, 7) is 2.61. The fourth-order valence-electron chi connectivity index (χ4n) is 1.67. The third-order valence-electron chi connectivity index (χ3n) is 2.73. The SMILES string of the molecule is CCCCNC(=O)c1ccc(N(C)C)c([N+](=O)[O-])c1. The lowest BCUT2D eigenvalue weighted by Crippen LogP contribution is -2.24. The van der Waals surface area contributed by atoms with Crippen LogP contribution in [-0.4, -0.2) is 31.5 Å². The van der Waals surface area contributed by atoms with Crippen LogP contribution in [0, 0.1) is 10.1 Å². The predicted molar refractivity (Wildman–Crippen MR) is 74.7 cm³/mol. The molecule has 0 radical (unpaired) electrons. The highest BCUT2D eigenvalue weighted by atomic mass is 16.6. The van der Waals surface area contributed by atoms with Gasteiger partial charge in [-0.2, -0.15) is 0 Å². The molecular weight excluding hydrogens is 246 g/mol. The molecule has 0 heterocycles. The van der Waals surface area contributed by atoms with Crippen LogP contribution in [0.5, 0.6) is 0 Å². The highest BCUT2D eigenvalue weighted by Crippen LogP contribution is 2.27. The van der Waals surface area contributed by atoms with Crippen LogP contribution >= 0.6 is 0 Å². The second-order valence-electron chi connectivity index (χ2n) is 4.46. The van der Waals surface area contributed by atoms with Gasteiger partial charge in [0.2, 0.25) is 0 Å². The Morgan fingerprint density at radius 1 is 1.42 bits per heavy atom. The number of carbonyl (C=O) groups excluding carboxylic acids is 1. The van der Waals surface area contributed by atoms with E-state index in [1.165, 1.54) is 6.07 Å². The van der Waals surface area contributed by atoms with Crippen LogP contribution in [0.2, 0.25) is 0 Å². The zero-order valence-electron chi connectivity index (χ0n) is 11.5. The van der Waals surface area contributed by atoms with Crippen molar-refractivity contribution in [1.82, 2.24) is 5.32 Å². The lowest BCUT2D eigenvalue weighted by molar-refractivity contribution is -0.384. The smallest absolute Gasteiger partial charge is 0.293 e. The molecule has 0 spiro atoms. The molecule has 19 heavy (non-hydrogen) atoms. The van der Waals surface area contributed by atoms with E-state index in [0.717, 1.165) is 12.8 Å². The zero-order chi connectivity index (χ0) is 14.4. The molecule has 1 aromatic carbocycles. The molecule has 1 rings (SSSR count). The summed E-state index contributed by atoms with van der Waals surface area (Å²) >= 11 is 0. The molecule has 0 fully saturated rings. The highest BCUT2D eigenvalue weighted by Gasteiger charge is 2.18. The minimum atomic E-state index is -0.474. The topological polar surface area (TPSA) is 75.5 Å². The van der Waals surface area contributed by atoms with Crippen molar-refractivity contribution >= 4 is 17.3 Å². The molecule has 0 unspecified atom stereocenters. The Balaban J connectivity index is 2.95. The summed E-state index contributed by atoms with van der Waals surface area (Å²) in [5.74, 6) is -0.276. The summed E-state index contributed by atoms with van der Waals surface area (Å²) in [4.78, 5) is 24.0. The van der Waals surface area contributed by atoms with Gasteiger partial charge in [-0.25, -0.2) is 0 Å². The summed E-state index contributed by atoms with van der Waals surface area (Å²) in [6, 6.07) is 4.51. The van der Waals surface area contributed by atoms with E-state index < -0.39 is 4.92 Å². The van der Waals surface area contributed by atoms with Gasteiger partial charge in [0.15, 0.2) is 0 Å². The fourth-order valence-corrected chi connectivity index (χ4v) is 1.67. The van der Waals surface area contributed by atoms with Gasteiger partial charge in [0.1, 0.15) is 5.69 Å². The third-order valence-corrected chi connectivity index (χ3v) is 2.73. The number of benzene rings is 1. The first kappa shape index (κ1) is 14.9. The molecule has 0 aromatic heterocycles. The minimum absolute atomic E-state index is 0.0619. The molecule has 0 saturated carbocycles. The molecule has 0 saturated heterocycles. The summed E-state index contributed by atoms with van der Waals surface area (Å²) in [5.41, 5.74) is 0.733. The van der Waals surface area contributed by atoms with E-state index in [-0.39, 0.29) is 11.6 Å². The highest BCUT2D eigenvalue weighted by molar-refractivity contribution is 5.95. The number of hydrogen-bond donors (Lipinski definition) is 1. The predicted octanol–water partition coefficient (Wildman–Crippen LogP) is 2.19. The maximum absolute atomic E-state index is 11.8. The van der Waals surface area contributed by atoms with Gasteiger partial charge in [0, 0.05) is 32.3 Å². The lowest BCUT2D eigenvalue weighted by atomic mass is 10.1. The van der Waals surface area contributed by atoms with E-state index in [2.05, 4.69) is 5.32 Å². The van der Waals surface area contributed by atoms with E-state index in [4.69, 9.17) is 0 Å². The van der Waals surface area contributed by atoms with E-state index in [1.54, 1.807) is 31.1 Å². The number of nitro benzene ring substituents is 1. The fraction of sp³-hybridized carbons (Fsp3) is 0.462. The molecule has 0 atom stereocenters. The number of nitro groups is 1. The molecule has 104 valence electrons. The Labute approximate surface area is 112 Å². The van der Waals surface area contributed by atoms with Gasteiger partial charge in [-0.05, 0) is 18.6 Å². The second-order valence-corrected chi connectivity index (χ2v) is 4.46. The van der Waals surface area contributed by atoms with E-state index in [0.29, 0.717) is 17.8 Å². The molecular formula is C13H19N3O3. The van der Waals surface area contributed by atoms with Crippen LogP contribution in [0.15, 0.2) is 18.2 Å². The van der Waals surface area contributed by atoms with Crippen LogP contribution in [0.3, 0.4) is 0 Å². The first-order valence-corrected chi connectivity index (χ1v) is 6.21. The van der Waals surface area contributed by atoms with Gasteiger partial charge < -0.3 is 10.2 Å². The van der Waals surface area contributed by atoms with Crippen molar-refractivity contribution < 1.29 is 9.72 Å². The molecule has 1 N–H and O–H groups in total. The molecule has 0 aliphatic heterocycles. The van der Waals surface area contributed by atoms with Crippen molar-refractivity contribution in [2.45, 2.75) is 19.8 Å². The van der Waals surface area contributed by atoms with Crippen LogP contribution in [0.25, 0.3) is 0 Å². The second kappa shape index (κ2) is 6.72. The standard InChI is InChI=1S/C13H19N3O3/c1-4-5-8-14-13(17)10-6-7-11(15(2)3)12(9-10)16(18)19/h6-7,9H,4-5,8H2,1-3H3,(H,14,17). The molecule has 1 amide bonds. The maximum Gasteiger partial charge on any atom is 0.293 e. The summed E-state index contributed by atoms with van der Waals surface area (Å²) in [6.07, 6.45) is 1.88. The monoisotopic (exact) mass is 265 g/mol. The van der Waals surface area contributed by atoms with E-state index in [1.807, 2.05) is 6.92 Å². The van der Waals surface area contributed by atoms with Crippen molar-refractivity contribution in [3.05, 3.63) is 33.9 Å². The summed E-state index contributed by atoms with van der Waals surface area (Å²) in [5, 5.41) is 13.7. The number of carbonyl (C=O) groups is 1. The van der Waals surface area contributed by atoms with Crippen LogP contribution < -0.4 is 10.2 Å². The molecule has 6 heteroatoms. The molecule has 6 nitrogen and oxygen atoms in total. The quantitative estimate of drug-likeness (QED) is 0.486. The van der Waals surface area contributed by atoms with Gasteiger partial charge in [0.25, 0.3) is 11.6 Å². The van der Waals surface area contributed by atoms with Crippen LogP contribution in [0.4, 0.5) is 11.4 Å². The molecule has 1 aromatic rings. The number of amides is 1. The van der Waals surface area contributed by atoms with Gasteiger partial charge >= 0.3 is 0 Å². The normalized spacial score (nSPS) is 10.1. The summed E-state index contributed by atoms with van der Waals surface area (Å²) in [7, 11) is 3.45. The van der Waals surface area contributed by atoms with Gasteiger partial charge in [-0.3, -0.25) is 14.9 Å². The first-order chi connectivity index (χ1) is 8.97. The Morgan fingerprint density at radius 3 is 2.63 bits per heavy atom. The number of anilines is 1. The average Bonchev–Trinajstić information content (AvgIpc) is 2.38. The van der Waals surface area contributed by atoms with Crippen molar-refractivity contribution in [2.24, 2.45) is 0 Å². The largest absolute Gasteiger partial charge is 0.372 e. The zero-order valence-corrected chi connectivity index (χ0v) is 11.5. The van der Waals surface area contributed by atoms with Gasteiger partial charge in [-0.15, -0.1) is 0 Å². The Morgan fingerprint density at radius 2 is 2.11 bits per heavy atom. The molecule has 0 bridgehead atoms. The molecule has 0 aliphatic carbocycles. The first-order valence-electron chi connectivity index (χ1n) is 6.21. The van der Waals surface area contributed by atoms with Crippen molar-refractivity contribution in [3.63, 3.8) is 0 Å². The number of unbranched alkanes of at least 4 members (excludes halogenated alkanes) is 1. The maximum atomic E-state index is 11.8. The third kappa shape index (κ3) is 3.94. The van der Waals surface area contributed by atoms with Crippen molar-refractivity contribution in [1.29, 1.82) is 0 Å². The average molecular weight is 265 g/mol. The van der Waals surface area contributed by atoms with Crippen molar-refractivity contribution in [3.8, 4) is 0 Å². The number of rotatable bonds is 6. The van der Waals surface area contributed by atoms with Gasteiger partial charge in [0.05, 0.1) is 4.92 Å². The van der Waals surface area contributed by atoms with Crippen molar-refractivity contribution in [2.75, 3.05) is 25.5 Å². The Bertz CT molecular complexity index is 472. The minimum Gasteiger partial charge on any atom is -0.372 e. The molecule has 0 aliphatic rings. The van der Waals surface area contributed by atoms with Crippen LogP contribution in [-0.2, 0) is 0 Å². The van der Waals surface area contributed by atoms with E-state index in [9.17, 15) is 14.9 Å². The number of hydrogen-bond acceptors (Lipinski definition) is 4. The Hall–Kier alpha value is -2.11. The number of nitrogens with one attached hydrogen (secondary N) is 1. The van der Waals surface area contributed by atoms with Crippen LogP contribution in [0.1, 0.15) is 30.1 Å². The Kier molecular flexibility index (Phi) is 5.29. The van der Waals surface area contributed by atoms with Gasteiger partial charge in [-0.1, -0.05) is 13.3 Å². The van der Waals surface area contributed by atoms with E-state index >= 15 is 0 Å². The number of nitrogens with zero attached hydrogens (tertiary/aromatic N) is 2.